The van der Waals surface area contributed by atoms with Gasteiger partial charge in [0.1, 0.15) is 12.4 Å². The first kappa shape index (κ1) is 28.0. The van der Waals surface area contributed by atoms with Gasteiger partial charge in [-0.3, -0.25) is 24.1 Å². The molecule has 7 rings (SSSR count). The molecule has 6 unspecified atom stereocenters. The molecular weight excluding hydrogens is 619 g/mol. The van der Waals surface area contributed by atoms with E-state index in [2.05, 4.69) is 4.98 Å². The predicted molar refractivity (Wildman–Crippen MR) is 159 cm³/mol. The smallest absolute Gasteiger partial charge is 0.305 e. The number of aromatic amines is 1. The molecule has 218 valence electrons. The number of hydrogen-bond donors (Lipinski definition) is 2. The van der Waals surface area contributed by atoms with Gasteiger partial charge in [0.15, 0.2) is 0 Å². The van der Waals surface area contributed by atoms with Crippen LogP contribution in [0.4, 0.5) is 0 Å². The second kappa shape index (κ2) is 10.7. The number of carbonyl (C=O) groups is 3. The number of benzene rings is 2. The van der Waals surface area contributed by atoms with E-state index in [1.165, 1.54) is 16.2 Å². The van der Waals surface area contributed by atoms with E-state index in [0.717, 1.165) is 27.5 Å². The van der Waals surface area contributed by atoms with Crippen LogP contribution >= 0.6 is 46.3 Å². The van der Waals surface area contributed by atoms with Gasteiger partial charge in [0.2, 0.25) is 11.8 Å². The zero-order valence-corrected chi connectivity index (χ0v) is 25.3. The van der Waals surface area contributed by atoms with Gasteiger partial charge >= 0.3 is 10.8 Å². The fraction of sp³-hybridized carbons (Fsp3) is 0.400. The number of thiazole rings is 1. The van der Waals surface area contributed by atoms with Gasteiger partial charge in [0.05, 0.1) is 16.9 Å². The first-order chi connectivity index (χ1) is 20.2. The van der Waals surface area contributed by atoms with Gasteiger partial charge in [-0.15, -0.1) is 11.8 Å². The van der Waals surface area contributed by atoms with Crippen molar-refractivity contribution in [3.63, 3.8) is 0 Å². The number of halogens is 2. The molecule has 1 saturated heterocycles. The predicted octanol–water partition coefficient (Wildman–Crippen LogP) is 5.66. The number of rotatable bonds is 8. The summed E-state index contributed by atoms with van der Waals surface area (Å²) in [4.78, 5) is 56.0. The highest BCUT2D eigenvalue weighted by Gasteiger charge is 2.69. The molecule has 2 aliphatic heterocycles. The molecule has 2 amide bonds. The van der Waals surface area contributed by atoms with Crippen LogP contribution in [0.3, 0.4) is 0 Å². The van der Waals surface area contributed by atoms with Crippen molar-refractivity contribution in [1.29, 1.82) is 0 Å². The maximum Gasteiger partial charge on any atom is 0.305 e. The van der Waals surface area contributed by atoms with Crippen molar-refractivity contribution in [1.82, 2.24) is 9.88 Å². The van der Waals surface area contributed by atoms with E-state index in [9.17, 15) is 19.2 Å². The molecule has 8 nitrogen and oxygen atoms in total. The van der Waals surface area contributed by atoms with Crippen LogP contribution in [0.5, 0.6) is 5.75 Å². The Morgan fingerprint density at radius 3 is 2.57 bits per heavy atom. The molecule has 7 atom stereocenters. The van der Waals surface area contributed by atoms with E-state index in [4.69, 9.17) is 33.0 Å². The van der Waals surface area contributed by atoms with Gasteiger partial charge in [-0.1, -0.05) is 46.7 Å². The molecule has 42 heavy (non-hydrogen) atoms. The Labute approximate surface area is 259 Å². The molecule has 2 saturated carbocycles. The zero-order chi connectivity index (χ0) is 29.3. The number of thioether (sulfide) groups is 1. The van der Waals surface area contributed by atoms with E-state index in [0.29, 0.717) is 15.8 Å². The van der Waals surface area contributed by atoms with Crippen LogP contribution in [0.2, 0.25) is 10.0 Å². The number of aromatic nitrogens is 1. The first-order valence-electron chi connectivity index (χ1n) is 13.8. The molecule has 12 heteroatoms. The number of imide groups is 1. The quantitative estimate of drug-likeness (QED) is 0.304. The highest BCUT2D eigenvalue weighted by Crippen LogP contribution is 2.69. The second-order valence-corrected chi connectivity index (χ2v) is 14.5. The summed E-state index contributed by atoms with van der Waals surface area (Å²) in [5.41, 5.74) is 1.77. The number of carboxylic acids is 1. The largest absolute Gasteiger partial charge is 0.489 e. The monoisotopic (exact) mass is 644 g/mol. The summed E-state index contributed by atoms with van der Waals surface area (Å²) in [5.74, 6) is -1.88. The van der Waals surface area contributed by atoms with Gasteiger partial charge in [-0.25, -0.2) is 0 Å². The summed E-state index contributed by atoms with van der Waals surface area (Å²) in [7, 11) is 0. The highest BCUT2D eigenvalue weighted by molar-refractivity contribution is 8.00. The lowest BCUT2D eigenvalue weighted by Gasteiger charge is -2.43. The van der Waals surface area contributed by atoms with Crippen molar-refractivity contribution >= 4 is 64.1 Å². The minimum atomic E-state index is -0.949. The van der Waals surface area contributed by atoms with Gasteiger partial charge in [0.25, 0.3) is 0 Å². The van der Waals surface area contributed by atoms with Crippen LogP contribution in [0, 0.1) is 29.6 Å². The third kappa shape index (κ3) is 4.58. The lowest BCUT2D eigenvalue weighted by molar-refractivity contribution is -0.142. The van der Waals surface area contributed by atoms with Crippen LogP contribution in [0.25, 0.3) is 0 Å². The Morgan fingerprint density at radius 2 is 1.81 bits per heavy atom. The molecule has 2 aliphatic carbocycles. The number of H-pyrrole nitrogens is 1. The van der Waals surface area contributed by atoms with Crippen LogP contribution in [0.15, 0.2) is 52.3 Å². The average Bonchev–Trinajstić information content (AvgIpc) is 3.68. The Balaban J connectivity index is 1.26. The summed E-state index contributed by atoms with van der Waals surface area (Å²) in [5, 5.41) is 11.0. The second-order valence-electron chi connectivity index (χ2n) is 11.4. The van der Waals surface area contributed by atoms with E-state index in [1.807, 2.05) is 30.3 Å². The number of carboxylic acid groups (broad SMARTS) is 1. The number of nitrogens with one attached hydrogen (secondary N) is 1. The summed E-state index contributed by atoms with van der Waals surface area (Å²) in [6.07, 6.45) is 0.899. The van der Waals surface area contributed by atoms with E-state index < -0.39 is 17.8 Å². The van der Waals surface area contributed by atoms with Crippen LogP contribution in [-0.2, 0) is 21.0 Å². The summed E-state index contributed by atoms with van der Waals surface area (Å²) in [6, 6.07) is 13.0. The molecule has 2 aromatic carbocycles. The van der Waals surface area contributed by atoms with Gasteiger partial charge in [-0.05, 0) is 66.5 Å². The number of amides is 2. The molecule has 4 aliphatic rings. The number of ether oxygens (including phenoxy) is 1. The van der Waals surface area contributed by atoms with E-state index in [-0.39, 0.29) is 71.6 Å². The minimum absolute atomic E-state index is 0.0112. The molecule has 3 fully saturated rings. The minimum Gasteiger partial charge on any atom is -0.489 e. The van der Waals surface area contributed by atoms with Crippen molar-refractivity contribution in [2.75, 3.05) is 6.54 Å². The van der Waals surface area contributed by atoms with E-state index >= 15 is 0 Å². The number of carbonyl (C=O) groups excluding carboxylic acids is 2. The fourth-order valence-corrected chi connectivity index (χ4v) is 11.0. The van der Waals surface area contributed by atoms with Gasteiger partial charge < -0.3 is 14.8 Å². The summed E-state index contributed by atoms with van der Waals surface area (Å²) in [6.45, 7) is 0.411. The van der Waals surface area contributed by atoms with Crippen LogP contribution in [-0.4, -0.2) is 44.6 Å². The van der Waals surface area contributed by atoms with Crippen molar-refractivity contribution in [2.24, 2.45) is 29.6 Å². The number of likely N-dealkylation sites (tertiary alicyclic amines) is 1. The highest BCUT2D eigenvalue weighted by atomic mass is 35.5. The molecule has 3 aromatic rings. The first-order valence-corrected chi connectivity index (χ1v) is 16.3. The van der Waals surface area contributed by atoms with Crippen molar-refractivity contribution in [3.8, 4) is 5.75 Å². The number of hydrogen-bond acceptors (Lipinski definition) is 7. The molecule has 3 heterocycles. The number of nitrogens with zero attached hydrogens (tertiary/aromatic N) is 1. The molecular formula is C30H26Cl2N2O6S2. The Kier molecular flexibility index (Phi) is 7.16. The van der Waals surface area contributed by atoms with Crippen molar-refractivity contribution in [3.05, 3.63) is 78.2 Å². The maximum absolute atomic E-state index is 13.7. The van der Waals surface area contributed by atoms with E-state index in [1.54, 1.807) is 23.9 Å². The standard InChI is InChI=1S/C30H26Cl2N2O6S2/c31-14-4-1-3-13(9-14)12-40-19-7-6-15(32)10-16(19)21-22-17-11-18(25(22)41-27-26(21)42-30(39)33-27)24-23(17)28(37)34(29(24)38)8-2-5-20(35)36/h1,3-4,6-7,9-10,17-18,21-25H,2,5,8,11-12H2,(H,33,39)(H,35,36)/t17?,18?,21-,22?,23?,24?,25?/m1/s1. The lowest BCUT2D eigenvalue weighted by Crippen LogP contribution is -2.42. The SMILES string of the molecule is O=C(O)CCCN1C(=O)C2C3CC(C2C1=O)C1C3Sc2[nH]c(=O)sc2[C@@H]1c1cc(Cl)ccc1OCc1cccc(Cl)c1. The Bertz CT molecular complexity index is 1670. The third-order valence-corrected chi connectivity index (χ3v) is 12.2. The summed E-state index contributed by atoms with van der Waals surface area (Å²) < 4.78 is 6.36. The zero-order valence-electron chi connectivity index (χ0n) is 22.1. The van der Waals surface area contributed by atoms with Crippen molar-refractivity contribution in [2.45, 2.75) is 42.1 Å². The van der Waals surface area contributed by atoms with Gasteiger partial charge in [-0.2, -0.15) is 0 Å². The molecule has 2 N–H and O–H groups in total. The topological polar surface area (TPSA) is 117 Å². The fourth-order valence-electron chi connectivity index (χ4n) is 7.72. The number of aliphatic carboxylic acids is 1. The lowest BCUT2D eigenvalue weighted by atomic mass is 9.68. The average molecular weight is 646 g/mol. The normalized spacial score (nSPS) is 29.0. The van der Waals surface area contributed by atoms with Crippen LogP contribution in [0.1, 0.15) is 41.2 Å². The Hall–Kier alpha value is -2.79. The third-order valence-electron chi connectivity index (χ3n) is 9.18. The Morgan fingerprint density at radius 1 is 1.05 bits per heavy atom. The van der Waals surface area contributed by atoms with Gasteiger partial charge in [0, 0.05) is 44.6 Å². The number of fused-ring (bicyclic) bond motifs is 9. The molecule has 1 aromatic heterocycles. The molecule has 0 spiro atoms. The molecule has 0 radical (unpaired) electrons. The van der Waals surface area contributed by atoms with Crippen LogP contribution < -0.4 is 9.61 Å². The van der Waals surface area contributed by atoms with Crippen molar-refractivity contribution < 1.29 is 24.2 Å². The molecule has 2 bridgehead atoms. The summed E-state index contributed by atoms with van der Waals surface area (Å²) >= 11 is 15.5. The maximum atomic E-state index is 13.7.